The Morgan fingerprint density at radius 1 is 0.914 bits per heavy atom. The minimum Gasteiger partial charge on any atom is -0.350 e. The SMILES string of the molecule is Cc1ccc(C(=O)N2CCCN(C(=O)c3ccc(Cl)cc3Cl)C2C(=O)NC2CCC(N)CC2)cc1. The normalized spacial score (nSPS) is 22.6. The van der Waals surface area contributed by atoms with E-state index in [4.69, 9.17) is 28.9 Å². The minimum absolute atomic E-state index is 0.0448. The second-order valence-electron chi connectivity index (χ2n) is 9.33. The Bertz CT molecular complexity index is 1100. The van der Waals surface area contributed by atoms with Crippen molar-refractivity contribution in [3.05, 3.63) is 69.2 Å². The third kappa shape index (κ3) is 5.80. The molecule has 186 valence electrons. The van der Waals surface area contributed by atoms with Crippen molar-refractivity contribution in [2.45, 2.75) is 57.3 Å². The Kier molecular flexibility index (Phi) is 7.99. The summed E-state index contributed by atoms with van der Waals surface area (Å²) in [6.45, 7) is 2.62. The Morgan fingerprint density at radius 2 is 1.54 bits per heavy atom. The molecule has 0 aromatic heterocycles. The van der Waals surface area contributed by atoms with Crippen LogP contribution in [0.4, 0.5) is 0 Å². The summed E-state index contributed by atoms with van der Waals surface area (Å²) in [7, 11) is 0. The maximum atomic E-state index is 13.6. The van der Waals surface area contributed by atoms with Gasteiger partial charge in [0.2, 0.25) is 0 Å². The molecule has 3 amide bonds. The highest BCUT2D eigenvalue weighted by Crippen LogP contribution is 2.27. The molecule has 7 nitrogen and oxygen atoms in total. The summed E-state index contributed by atoms with van der Waals surface area (Å²) >= 11 is 12.3. The lowest BCUT2D eigenvalue weighted by Gasteiger charge is -2.43. The fourth-order valence-corrected chi connectivity index (χ4v) is 5.24. The first-order chi connectivity index (χ1) is 16.7. The van der Waals surface area contributed by atoms with Crippen molar-refractivity contribution in [2.24, 2.45) is 5.73 Å². The molecule has 0 spiro atoms. The van der Waals surface area contributed by atoms with Crippen molar-refractivity contribution in [2.75, 3.05) is 13.1 Å². The van der Waals surface area contributed by atoms with Gasteiger partial charge in [0, 0.05) is 35.8 Å². The van der Waals surface area contributed by atoms with Crippen LogP contribution in [0.15, 0.2) is 42.5 Å². The van der Waals surface area contributed by atoms with Gasteiger partial charge in [-0.25, -0.2) is 0 Å². The van der Waals surface area contributed by atoms with Gasteiger partial charge in [0.15, 0.2) is 6.17 Å². The lowest BCUT2D eigenvalue weighted by Crippen LogP contribution is -2.64. The first-order valence-electron chi connectivity index (χ1n) is 11.9. The van der Waals surface area contributed by atoms with Crippen LogP contribution in [-0.4, -0.2) is 58.9 Å². The predicted octanol–water partition coefficient (Wildman–Crippen LogP) is 4.00. The van der Waals surface area contributed by atoms with Gasteiger partial charge in [-0.1, -0.05) is 40.9 Å². The van der Waals surface area contributed by atoms with Crippen LogP contribution in [0.25, 0.3) is 0 Å². The molecule has 2 aromatic carbocycles. The Hall–Kier alpha value is -2.61. The number of carbonyl (C=O) groups is 3. The molecule has 1 saturated heterocycles. The zero-order valence-corrected chi connectivity index (χ0v) is 21.2. The third-order valence-corrected chi connectivity index (χ3v) is 7.27. The van der Waals surface area contributed by atoms with Crippen molar-refractivity contribution in [3.8, 4) is 0 Å². The second-order valence-corrected chi connectivity index (χ2v) is 10.2. The quantitative estimate of drug-likeness (QED) is 0.641. The summed E-state index contributed by atoms with van der Waals surface area (Å²) in [5.41, 5.74) is 7.75. The molecule has 3 N–H and O–H groups in total. The summed E-state index contributed by atoms with van der Waals surface area (Å²) in [6.07, 6.45) is 2.63. The van der Waals surface area contributed by atoms with E-state index in [1.54, 1.807) is 24.3 Å². The number of nitrogens with zero attached hydrogens (tertiary/aromatic N) is 2. The van der Waals surface area contributed by atoms with Gasteiger partial charge < -0.3 is 20.9 Å². The monoisotopic (exact) mass is 516 g/mol. The summed E-state index contributed by atoms with van der Waals surface area (Å²) in [6, 6.07) is 11.9. The molecule has 0 radical (unpaired) electrons. The minimum atomic E-state index is -1.09. The molecule has 9 heteroatoms. The molecular weight excluding hydrogens is 487 g/mol. The van der Waals surface area contributed by atoms with E-state index in [0.29, 0.717) is 30.1 Å². The number of carbonyl (C=O) groups excluding carboxylic acids is 3. The molecule has 35 heavy (non-hydrogen) atoms. The van der Waals surface area contributed by atoms with E-state index in [1.807, 2.05) is 19.1 Å². The molecular formula is C26H30Cl2N4O3. The van der Waals surface area contributed by atoms with Gasteiger partial charge in [-0.2, -0.15) is 0 Å². The van der Waals surface area contributed by atoms with Crippen molar-refractivity contribution >= 4 is 40.9 Å². The first-order valence-corrected chi connectivity index (χ1v) is 12.7. The number of hydrogen-bond acceptors (Lipinski definition) is 4. The molecule has 2 fully saturated rings. The van der Waals surface area contributed by atoms with Gasteiger partial charge in [0.05, 0.1) is 10.6 Å². The van der Waals surface area contributed by atoms with Crippen LogP contribution in [0.3, 0.4) is 0 Å². The van der Waals surface area contributed by atoms with Gasteiger partial charge in [0.1, 0.15) is 0 Å². The van der Waals surface area contributed by atoms with Crippen LogP contribution in [0.5, 0.6) is 0 Å². The highest BCUT2D eigenvalue weighted by molar-refractivity contribution is 6.36. The topological polar surface area (TPSA) is 95.7 Å². The molecule has 1 aliphatic carbocycles. The fourth-order valence-electron chi connectivity index (χ4n) is 4.75. The second kappa shape index (κ2) is 11.0. The van der Waals surface area contributed by atoms with Crippen LogP contribution >= 0.6 is 23.2 Å². The van der Waals surface area contributed by atoms with Gasteiger partial charge in [-0.3, -0.25) is 14.4 Å². The first kappa shape index (κ1) is 25.5. The van der Waals surface area contributed by atoms with Gasteiger partial charge in [0.25, 0.3) is 17.7 Å². The molecule has 2 aromatic rings. The standard InChI is InChI=1S/C26H30Cl2N4O3/c1-16-3-5-17(6-4-16)25(34)31-13-2-14-32(26(35)21-12-7-18(27)15-22(21)28)24(31)23(33)30-20-10-8-19(29)9-11-20/h3-7,12,15,19-20,24H,2,8-11,13-14,29H2,1H3,(H,30,33). The smallest absolute Gasteiger partial charge is 0.264 e. The highest BCUT2D eigenvalue weighted by Gasteiger charge is 2.42. The number of benzene rings is 2. The predicted molar refractivity (Wildman–Crippen MR) is 136 cm³/mol. The van der Waals surface area contributed by atoms with Crippen LogP contribution < -0.4 is 11.1 Å². The molecule has 0 bridgehead atoms. The van der Waals surface area contributed by atoms with Crippen molar-refractivity contribution in [1.29, 1.82) is 0 Å². The number of nitrogens with one attached hydrogen (secondary N) is 1. The largest absolute Gasteiger partial charge is 0.350 e. The van der Waals surface area contributed by atoms with E-state index >= 15 is 0 Å². The number of aryl methyl sites for hydroxylation is 1. The fraction of sp³-hybridized carbons (Fsp3) is 0.423. The van der Waals surface area contributed by atoms with Gasteiger partial charge in [-0.05, 0) is 69.4 Å². The number of hydrogen-bond donors (Lipinski definition) is 2. The van der Waals surface area contributed by atoms with E-state index in [0.717, 1.165) is 31.2 Å². The van der Waals surface area contributed by atoms with E-state index in [9.17, 15) is 14.4 Å². The number of amides is 3. The van der Waals surface area contributed by atoms with Crippen LogP contribution in [0.1, 0.15) is 58.4 Å². The molecule has 4 rings (SSSR count). The van der Waals surface area contributed by atoms with E-state index in [2.05, 4.69) is 5.32 Å². The van der Waals surface area contributed by atoms with Crippen LogP contribution in [0, 0.1) is 6.92 Å². The number of halogens is 2. The molecule has 1 saturated carbocycles. The molecule has 1 unspecified atom stereocenters. The van der Waals surface area contributed by atoms with Crippen molar-refractivity contribution in [3.63, 3.8) is 0 Å². The third-order valence-electron chi connectivity index (χ3n) is 6.72. The van der Waals surface area contributed by atoms with Crippen molar-refractivity contribution < 1.29 is 14.4 Å². The maximum Gasteiger partial charge on any atom is 0.264 e. The summed E-state index contributed by atoms with van der Waals surface area (Å²) in [4.78, 5) is 43.7. The lowest BCUT2D eigenvalue weighted by atomic mass is 9.91. The van der Waals surface area contributed by atoms with Gasteiger partial charge >= 0.3 is 0 Å². The Labute approximate surface area is 215 Å². The highest BCUT2D eigenvalue weighted by atomic mass is 35.5. The molecule has 1 aliphatic heterocycles. The van der Waals surface area contributed by atoms with E-state index in [-0.39, 0.29) is 34.5 Å². The average Bonchev–Trinajstić information content (AvgIpc) is 2.84. The molecule has 2 aliphatic rings. The van der Waals surface area contributed by atoms with E-state index in [1.165, 1.54) is 15.9 Å². The summed E-state index contributed by atoms with van der Waals surface area (Å²) in [5.74, 6) is -1.08. The van der Waals surface area contributed by atoms with Gasteiger partial charge in [-0.15, -0.1) is 0 Å². The molecule has 1 heterocycles. The maximum absolute atomic E-state index is 13.6. The van der Waals surface area contributed by atoms with Crippen LogP contribution in [0.2, 0.25) is 10.0 Å². The van der Waals surface area contributed by atoms with Crippen molar-refractivity contribution in [1.82, 2.24) is 15.1 Å². The Balaban J connectivity index is 1.65. The Morgan fingerprint density at radius 3 is 2.17 bits per heavy atom. The number of rotatable bonds is 4. The van der Waals surface area contributed by atoms with Crippen LogP contribution in [-0.2, 0) is 4.79 Å². The zero-order valence-electron chi connectivity index (χ0n) is 19.7. The summed E-state index contributed by atoms with van der Waals surface area (Å²) < 4.78 is 0. The average molecular weight is 517 g/mol. The lowest BCUT2D eigenvalue weighted by molar-refractivity contribution is -0.133. The molecule has 1 atom stereocenters. The number of nitrogens with two attached hydrogens (primary N) is 1. The summed E-state index contributed by atoms with van der Waals surface area (Å²) in [5, 5.41) is 3.69. The van der Waals surface area contributed by atoms with E-state index < -0.39 is 12.1 Å². The zero-order chi connectivity index (χ0) is 25.1.